The lowest BCUT2D eigenvalue weighted by Gasteiger charge is -2.36. The Morgan fingerprint density at radius 1 is 1.40 bits per heavy atom. The van der Waals surface area contributed by atoms with Crippen molar-refractivity contribution in [1.82, 2.24) is 0 Å². The Balaban J connectivity index is 2.15. The zero-order valence-corrected chi connectivity index (χ0v) is 12.2. The Kier molecular flexibility index (Phi) is 3.82. The largest absolute Gasteiger partial charge is 0.454 e. The molecule has 0 aromatic rings. The topological polar surface area (TPSA) is 76.0 Å². The third-order valence-corrected chi connectivity index (χ3v) is 5.81. The van der Waals surface area contributed by atoms with Crippen LogP contribution in [-0.4, -0.2) is 33.8 Å². The second-order valence-corrected chi connectivity index (χ2v) is 7.10. The van der Waals surface area contributed by atoms with Crippen LogP contribution in [0.5, 0.6) is 0 Å². The first kappa shape index (κ1) is 15.9. The Morgan fingerprint density at radius 2 is 2.00 bits per heavy atom. The predicted octanol–water partition coefficient (Wildman–Crippen LogP) is 2.45. The van der Waals surface area contributed by atoms with Gasteiger partial charge in [-0.1, -0.05) is 20.8 Å². The Labute approximate surface area is 119 Å². The van der Waals surface area contributed by atoms with Crippen LogP contribution in [0, 0.1) is 16.7 Å². The molecule has 4 atom stereocenters. The molecule has 0 aliphatic heterocycles. The van der Waals surface area contributed by atoms with Gasteiger partial charge in [0.05, 0.1) is 6.10 Å². The summed E-state index contributed by atoms with van der Waals surface area (Å²) in [6, 6.07) is 0. The summed E-state index contributed by atoms with van der Waals surface area (Å²) < 4.78 is 34.6. The number of hydrogen-bond donors (Lipinski definition) is 2. The van der Waals surface area contributed by atoms with Crippen LogP contribution in [0.15, 0.2) is 0 Å². The lowest BCUT2D eigenvalue weighted by molar-refractivity contribution is -0.180. The fourth-order valence-corrected chi connectivity index (χ4v) is 3.88. The van der Waals surface area contributed by atoms with E-state index in [4.69, 9.17) is 9.99 Å². The van der Waals surface area contributed by atoms with Crippen molar-refractivity contribution < 1.29 is 33.0 Å². The molecule has 116 valence electrons. The highest BCUT2D eigenvalue weighted by Gasteiger charge is 2.68. The average molecular weight is 312 g/mol. The van der Waals surface area contributed by atoms with Gasteiger partial charge in [0.15, 0.2) is 0 Å². The zero-order chi connectivity index (χ0) is 15.3. The lowest BCUT2D eigenvalue weighted by Crippen LogP contribution is -2.43. The van der Waals surface area contributed by atoms with Gasteiger partial charge in [-0.2, -0.15) is 13.1 Å². The molecule has 0 aromatic heterocycles. The molecule has 2 aliphatic carbocycles. The van der Waals surface area contributed by atoms with Gasteiger partial charge in [0.1, 0.15) is 18.1 Å². The van der Waals surface area contributed by atoms with Crippen molar-refractivity contribution in [3.8, 4) is 0 Å². The minimum atomic E-state index is -4.01. The van der Waals surface area contributed by atoms with Crippen LogP contribution >= 0.6 is 12.0 Å². The van der Waals surface area contributed by atoms with Gasteiger partial charge in [-0.3, -0.25) is 0 Å². The molecule has 0 radical (unpaired) electrons. The van der Waals surface area contributed by atoms with E-state index in [0.29, 0.717) is 6.42 Å². The number of fused-ring (bicyclic) bond motifs is 2. The van der Waals surface area contributed by atoms with E-state index in [1.807, 2.05) is 20.8 Å². The van der Waals surface area contributed by atoms with Gasteiger partial charge in [0.25, 0.3) is 0 Å². The molecule has 2 N–H and O–H groups in total. The highest BCUT2D eigenvalue weighted by Crippen LogP contribution is 2.66. The average Bonchev–Trinajstić information content (AvgIpc) is 2.63. The van der Waals surface area contributed by atoms with E-state index in [0.717, 1.165) is 6.42 Å². The Hall–Kier alpha value is -0.440. The van der Waals surface area contributed by atoms with Crippen molar-refractivity contribution in [1.29, 1.82) is 0 Å². The standard InChI is InChI=1S/C12H18F2O5S/c1-10(2)6-4-5-11(10,3)8(15)7(6)18-9(16)12(13,14)20-19-17/h6-8,15,17H,4-5H2,1-3H3. The van der Waals surface area contributed by atoms with Crippen LogP contribution in [0.25, 0.3) is 0 Å². The first-order valence-electron chi connectivity index (χ1n) is 6.34. The predicted molar refractivity (Wildman–Crippen MR) is 66.8 cm³/mol. The van der Waals surface area contributed by atoms with Gasteiger partial charge in [-0.25, -0.2) is 10.1 Å². The van der Waals surface area contributed by atoms with Crippen molar-refractivity contribution in [2.45, 2.75) is 51.1 Å². The monoisotopic (exact) mass is 312 g/mol. The van der Waals surface area contributed by atoms with Gasteiger partial charge in [-0.05, 0) is 18.3 Å². The molecule has 0 aromatic carbocycles. The molecular weight excluding hydrogens is 294 g/mol. The third kappa shape index (κ3) is 2.04. The van der Waals surface area contributed by atoms with Crippen molar-refractivity contribution in [2.24, 2.45) is 16.7 Å². The van der Waals surface area contributed by atoms with Crippen LogP contribution < -0.4 is 0 Å². The van der Waals surface area contributed by atoms with E-state index in [2.05, 4.69) is 4.33 Å². The summed E-state index contributed by atoms with van der Waals surface area (Å²) in [6.07, 6.45) is -0.448. The van der Waals surface area contributed by atoms with Crippen molar-refractivity contribution in [2.75, 3.05) is 0 Å². The SMILES string of the molecule is CC1(C)C2CCC1(C)C(O)C2OC(=O)C(F)(F)SOO. The fraction of sp³-hybridized carbons (Fsp3) is 0.917. The van der Waals surface area contributed by atoms with Gasteiger partial charge in [0.2, 0.25) is 0 Å². The number of hydrogen-bond acceptors (Lipinski definition) is 6. The molecule has 0 amide bonds. The Bertz CT molecular complexity index is 417. The van der Waals surface area contributed by atoms with Gasteiger partial charge >= 0.3 is 11.2 Å². The van der Waals surface area contributed by atoms with Gasteiger partial charge in [-0.15, -0.1) is 0 Å². The van der Waals surface area contributed by atoms with E-state index in [1.54, 1.807) is 0 Å². The minimum absolute atomic E-state index is 0.165. The van der Waals surface area contributed by atoms with Crippen molar-refractivity contribution >= 4 is 18.0 Å². The quantitative estimate of drug-likeness (QED) is 0.359. The molecule has 20 heavy (non-hydrogen) atoms. The molecule has 2 aliphatic rings. The van der Waals surface area contributed by atoms with Gasteiger partial charge in [0, 0.05) is 11.3 Å². The maximum absolute atomic E-state index is 13.3. The van der Waals surface area contributed by atoms with Crippen LogP contribution in [0.3, 0.4) is 0 Å². The normalized spacial score (nSPS) is 39.0. The summed E-state index contributed by atoms with van der Waals surface area (Å²) in [6.45, 7) is 5.78. The van der Waals surface area contributed by atoms with E-state index >= 15 is 0 Å². The molecule has 2 bridgehead atoms. The first-order valence-corrected chi connectivity index (χ1v) is 7.08. The van der Waals surface area contributed by atoms with Crippen LogP contribution in [0.1, 0.15) is 33.6 Å². The summed E-state index contributed by atoms with van der Waals surface area (Å²) in [5, 5.41) is 14.3. The number of aliphatic hydroxyl groups excluding tert-OH is 1. The minimum Gasteiger partial charge on any atom is -0.454 e. The second kappa shape index (κ2) is 4.79. The number of halogens is 2. The second-order valence-electron chi connectivity index (χ2n) is 6.27. The smallest absolute Gasteiger partial charge is 0.415 e. The number of carbonyl (C=O) groups is 1. The highest BCUT2D eigenvalue weighted by molar-refractivity contribution is 7.96. The van der Waals surface area contributed by atoms with Crippen LogP contribution in [-0.2, 0) is 13.9 Å². The van der Waals surface area contributed by atoms with Gasteiger partial charge < -0.3 is 9.84 Å². The van der Waals surface area contributed by atoms with E-state index in [9.17, 15) is 18.7 Å². The van der Waals surface area contributed by atoms with E-state index < -0.39 is 40.9 Å². The summed E-state index contributed by atoms with van der Waals surface area (Å²) in [4.78, 5) is 11.5. The molecule has 5 nitrogen and oxygen atoms in total. The van der Waals surface area contributed by atoms with Crippen molar-refractivity contribution in [3.05, 3.63) is 0 Å². The maximum atomic E-state index is 13.3. The van der Waals surface area contributed by atoms with Crippen LogP contribution in [0.4, 0.5) is 8.78 Å². The lowest BCUT2D eigenvalue weighted by atomic mass is 9.70. The molecule has 0 saturated heterocycles. The summed E-state index contributed by atoms with van der Waals surface area (Å²) in [5.74, 6) is -1.98. The number of carbonyl (C=O) groups excluding carboxylic acids is 1. The molecular formula is C12H18F2O5S. The first-order chi connectivity index (χ1) is 9.08. The third-order valence-electron chi connectivity index (χ3n) is 5.36. The maximum Gasteiger partial charge on any atom is 0.415 e. The van der Waals surface area contributed by atoms with Crippen molar-refractivity contribution in [3.63, 3.8) is 0 Å². The summed E-state index contributed by atoms with van der Waals surface area (Å²) in [7, 11) is 0. The number of esters is 1. The Morgan fingerprint density at radius 3 is 2.45 bits per heavy atom. The molecule has 2 saturated carbocycles. The summed E-state index contributed by atoms with van der Waals surface area (Å²) >= 11 is -0.689. The molecule has 0 heterocycles. The number of ether oxygens (including phenoxy) is 1. The molecule has 8 heteroatoms. The number of aliphatic hydroxyl groups is 1. The molecule has 0 spiro atoms. The zero-order valence-electron chi connectivity index (χ0n) is 11.4. The molecule has 2 fully saturated rings. The number of alkyl halides is 2. The molecule has 2 rings (SSSR count). The molecule has 4 unspecified atom stereocenters. The summed E-state index contributed by atoms with van der Waals surface area (Å²) in [5.41, 5.74) is -0.758. The highest BCUT2D eigenvalue weighted by atomic mass is 32.2. The van der Waals surface area contributed by atoms with Crippen LogP contribution in [0.2, 0.25) is 0 Å². The van der Waals surface area contributed by atoms with E-state index in [-0.39, 0.29) is 11.3 Å². The fourth-order valence-electron chi connectivity index (χ4n) is 3.67. The number of rotatable bonds is 4. The van der Waals surface area contributed by atoms with E-state index in [1.165, 1.54) is 0 Å².